The van der Waals surface area contributed by atoms with Crippen molar-refractivity contribution in [2.45, 2.75) is 51.9 Å². The van der Waals surface area contributed by atoms with Crippen molar-refractivity contribution in [1.82, 2.24) is 14.8 Å². The highest BCUT2D eigenvalue weighted by molar-refractivity contribution is 5.70. The van der Waals surface area contributed by atoms with Crippen LogP contribution in [-0.2, 0) is 51.2 Å². The molecule has 2 aromatic carbocycles. The van der Waals surface area contributed by atoms with Crippen molar-refractivity contribution in [3.63, 3.8) is 0 Å². The molecule has 246 valence electrons. The summed E-state index contributed by atoms with van der Waals surface area (Å²) >= 11 is 0. The molecule has 46 heavy (non-hydrogen) atoms. The van der Waals surface area contributed by atoms with E-state index >= 15 is 0 Å². The van der Waals surface area contributed by atoms with E-state index in [0.717, 1.165) is 54.8 Å². The third-order valence-corrected chi connectivity index (χ3v) is 7.08. The monoisotopic (exact) mass is 641 g/mol. The molecule has 0 fully saturated rings. The predicted molar refractivity (Wildman–Crippen MR) is 165 cm³/mol. The van der Waals surface area contributed by atoms with E-state index in [-0.39, 0.29) is 19.8 Å². The van der Waals surface area contributed by atoms with Gasteiger partial charge in [-0.2, -0.15) is 18.3 Å². The normalized spacial score (nSPS) is 11.8. The fourth-order valence-electron chi connectivity index (χ4n) is 4.59. The largest absolute Gasteiger partial charge is 0.487 e. The Morgan fingerprint density at radius 1 is 1.00 bits per heavy atom. The Bertz CT molecular complexity index is 1550. The molecule has 2 aromatic heterocycles. The first-order valence-electron chi connectivity index (χ1n) is 15.0. The van der Waals surface area contributed by atoms with Crippen molar-refractivity contribution in [3.05, 3.63) is 101 Å². The average molecular weight is 642 g/mol. The van der Waals surface area contributed by atoms with Crippen LogP contribution >= 0.6 is 0 Å². The number of esters is 1. The number of rotatable bonds is 18. The van der Waals surface area contributed by atoms with E-state index in [1.165, 1.54) is 24.0 Å². The minimum absolute atomic E-state index is 0.0958. The fourth-order valence-corrected chi connectivity index (χ4v) is 4.59. The molecule has 12 heteroatoms. The Hall–Kier alpha value is -4.42. The number of alkyl halides is 3. The lowest BCUT2D eigenvalue weighted by atomic mass is 10.0. The summed E-state index contributed by atoms with van der Waals surface area (Å²) < 4.78 is 66.7. The van der Waals surface area contributed by atoms with Crippen LogP contribution in [-0.4, -0.2) is 54.3 Å². The number of aryl methyl sites for hydroxylation is 3. The van der Waals surface area contributed by atoms with E-state index in [4.69, 9.17) is 23.4 Å². The quantitative estimate of drug-likeness (QED) is 0.0873. The second-order valence-electron chi connectivity index (χ2n) is 10.5. The molecule has 4 rings (SSSR count). The molecule has 0 aliphatic carbocycles. The van der Waals surface area contributed by atoms with Gasteiger partial charge < -0.3 is 23.4 Å². The highest BCUT2D eigenvalue weighted by Crippen LogP contribution is 2.29. The highest BCUT2D eigenvalue weighted by atomic mass is 19.4. The first-order chi connectivity index (χ1) is 22.2. The van der Waals surface area contributed by atoms with Crippen LogP contribution in [0.15, 0.2) is 65.4 Å². The number of benzene rings is 2. The van der Waals surface area contributed by atoms with Crippen molar-refractivity contribution >= 4 is 18.1 Å². The molecule has 0 radical (unpaired) electrons. The smallest absolute Gasteiger partial charge is 0.416 e. The molecule has 0 atom stereocenters. The van der Waals surface area contributed by atoms with Gasteiger partial charge in [-0.05, 0) is 85.7 Å². The van der Waals surface area contributed by atoms with Crippen LogP contribution in [0.5, 0.6) is 5.75 Å². The minimum Gasteiger partial charge on any atom is -0.487 e. The van der Waals surface area contributed by atoms with Crippen LogP contribution in [0, 0.1) is 6.92 Å². The Kier molecular flexibility index (Phi) is 13.0. The van der Waals surface area contributed by atoms with Gasteiger partial charge in [-0.1, -0.05) is 18.2 Å². The predicted octanol–water partition coefficient (Wildman–Crippen LogP) is 6.72. The maximum Gasteiger partial charge on any atom is 0.416 e. The molecule has 0 bridgehead atoms. The van der Waals surface area contributed by atoms with E-state index in [1.54, 1.807) is 25.5 Å². The highest BCUT2D eigenvalue weighted by Gasteiger charge is 2.29. The molecular weight excluding hydrogens is 603 g/mol. The first kappa shape index (κ1) is 34.5. The minimum atomic E-state index is -4.37. The van der Waals surface area contributed by atoms with Crippen molar-refractivity contribution in [3.8, 4) is 5.75 Å². The number of ether oxygens (including phenoxy) is 4. The third-order valence-electron chi connectivity index (χ3n) is 7.08. The second kappa shape index (κ2) is 17.3. The van der Waals surface area contributed by atoms with Gasteiger partial charge in [0.25, 0.3) is 0 Å². The van der Waals surface area contributed by atoms with E-state index < -0.39 is 17.7 Å². The second-order valence-corrected chi connectivity index (χ2v) is 10.5. The Balaban J connectivity index is 1.15. The molecule has 2 heterocycles. The summed E-state index contributed by atoms with van der Waals surface area (Å²) in [5, 5.41) is 4.35. The van der Waals surface area contributed by atoms with E-state index in [0.29, 0.717) is 36.9 Å². The standard InChI is InChI=1S/C34H38F3N3O6/c1-25-21-31(45-22-29-23-46-32(39-29)14-9-26-7-11-28(12-8-26)34(35,36)37)13-10-27(25)5-3-4-6-30-15-16-38-40(30)17-18-44-33(41)24-43-20-19-42-2/h7-16,21,23H,3-6,17-20,22,24H2,1-2H3/b14-9+. The summed E-state index contributed by atoms with van der Waals surface area (Å²) in [6, 6.07) is 12.9. The first-order valence-corrected chi connectivity index (χ1v) is 15.0. The zero-order valence-corrected chi connectivity index (χ0v) is 25.9. The Morgan fingerprint density at radius 3 is 2.57 bits per heavy atom. The van der Waals surface area contributed by atoms with Gasteiger partial charge >= 0.3 is 12.1 Å². The van der Waals surface area contributed by atoms with E-state index in [2.05, 4.69) is 23.1 Å². The van der Waals surface area contributed by atoms with E-state index in [9.17, 15) is 18.0 Å². The molecule has 0 N–H and O–H groups in total. The van der Waals surface area contributed by atoms with Gasteiger partial charge in [-0.25, -0.2) is 9.78 Å². The number of unbranched alkanes of at least 4 members (excludes halogenated alkanes) is 1. The lowest BCUT2D eigenvalue weighted by Gasteiger charge is -2.11. The SMILES string of the molecule is COCCOCC(=O)OCCn1nccc1CCCCc1ccc(OCc2coc(/C=C/c3ccc(C(F)(F)F)cc3)n2)cc1C. The average Bonchev–Trinajstić information content (AvgIpc) is 3.69. The number of carbonyl (C=O) groups is 1. The van der Waals surface area contributed by atoms with Gasteiger partial charge in [-0.3, -0.25) is 4.68 Å². The molecule has 0 spiro atoms. The number of aromatic nitrogens is 3. The summed E-state index contributed by atoms with van der Waals surface area (Å²) in [7, 11) is 1.57. The van der Waals surface area contributed by atoms with Gasteiger partial charge in [0.2, 0.25) is 5.89 Å². The number of hydrogen-bond acceptors (Lipinski definition) is 8. The third kappa shape index (κ3) is 11.2. The molecule has 0 saturated heterocycles. The molecule has 0 saturated carbocycles. The van der Waals surface area contributed by atoms with Crippen LogP contribution in [0.4, 0.5) is 13.2 Å². The number of halogens is 3. The van der Waals surface area contributed by atoms with Gasteiger partial charge in [0.05, 0.1) is 25.3 Å². The molecule has 0 aliphatic heterocycles. The van der Waals surface area contributed by atoms with Crippen LogP contribution < -0.4 is 4.74 Å². The van der Waals surface area contributed by atoms with Crippen molar-refractivity contribution in [2.24, 2.45) is 0 Å². The van der Waals surface area contributed by atoms with Crippen molar-refractivity contribution in [1.29, 1.82) is 0 Å². The van der Waals surface area contributed by atoms with Gasteiger partial charge in [0.15, 0.2) is 0 Å². The fraction of sp³-hybridized carbons (Fsp3) is 0.382. The summed E-state index contributed by atoms with van der Waals surface area (Å²) in [5.74, 6) is 0.641. The number of methoxy groups -OCH3 is 1. The zero-order chi connectivity index (χ0) is 32.8. The molecular formula is C34H38F3N3O6. The maximum absolute atomic E-state index is 12.7. The van der Waals surface area contributed by atoms with Gasteiger partial charge in [0, 0.05) is 25.1 Å². The molecule has 0 aliphatic rings. The van der Waals surface area contributed by atoms with Gasteiger partial charge in [0.1, 0.15) is 37.5 Å². The number of carbonyl (C=O) groups excluding carboxylic acids is 1. The lowest BCUT2D eigenvalue weighted by molar-refractivity contribution is -0.149. The van der Waals surface area contributed by atoms with Gasteiger partial charge in [-0.15, -0.1) is 0 Å². The lowest BCUT2D eigenvalue weighted by Crippen LogP contribution is -2.18. The number of oxazole rings is 1. The zero-order valence-electron chi connectivity index (χ0n) is 25.9. The van der Waals surface area contributed by atoms with Crippen LogP contribution in [0.2, 0.25) is 0 Å². The Morgan fingerprint density at radius 2 is 1.80 bits per heavy atom. The summed E-state index contributed by atoms with van der Waals surface area (Å²) in [4.78, 5) is 16.1. The number of hydrogen-bond donors (Lipinski definition) is 0. The maximum atomic E-state index is 12.7. The molecule has 4 aromatic rings. The topological polar surface area (TPSA) is 97.8 Å². The number of nitrogens with zero attached hydrogens (tertiary/aromatic N) is 3. The van der Waals surface area contributed by atoms with E-state index in [1.807, 2.05) is 22.9 Å². The summed E-state index contributed by atoms with van der Waals surface area (Å²) in [5.41, 5.74) is 3.98. The molecule has 0 unspecified atom stereocenters. The van der Waals surface area contributed by atoms with Crippen LogP contribution in [0.25, 0.3) is 12.2 Å². The molecule has 0 amide bonds. The van der Waals surface area contributed by atoms with Crippen molar-refractivity contribution < 1.29 is 41.3 Å². The summed E-state index contributed by atoms with van der Waals surface area (Å²) in [6.07, 6.45) is 5.90. The van der Waals surface area contributed by atoms with Crippen LogP contribution in [0.1, 0.15) is 52.4 Å². The van der Waals surface area contributed by atoms with Crippen molar-refractivity contribution in [2.75, 3.05) is 33.5 Å². The Labute approximate surface area is 265 Å². The van der Waals surface area contributed by atoms with Crippen LogP contribution in [0.3, 0.4) is 0 Å². The molecule has 9 nitrogen and oxygen atoms in total. The summed E-state index contributed by atoms with van der Waals surface area (Å²) in [6.45, 7) is 3.67.